The van der Waals surface area contributed by atoms with E-state index >= 15 is 0 Å². The zero-order valence-corrected chi connectivity index (χ0v) is 16.2. The minimum Gasteiger partial charge on any atom is -0.497 e. The average molecular weight is 393 g/mol. The van der Waals surface area contributed by atoms with E-state index in [1.807, 2.05) is 30.3 Å². The van der Waals surface area contributed by atoms with Crippen molar-refractivity contribution in [3.8, 4) is 23.2 Å². The number of methoxy groups -OCH3 is 1. The van der Waals surface area contributed by atoms with Crippen LogP contribution in [0.25, 0.3) is 11.4 Å². The second-order valence-electron chi connectivity index (χ2n) is 6.38. The minimum absolute atomic E-state index is 0.154. The highest BCUT2D eigenvalue weighted by Gasteiger charge is 2.22. The van der Waals surface area contributed by atoms with Crippen LogP contribution in [0.15, 0.2) is 52.8 Å². The monoisotopic (exact) mass is 393 g/mol. The van der Waals surface area contributed by atoms with Crippen molar-refractivity contribution >= 4 is 11.8 Å². The van der Waals surface area contributed by atoms with E-state index in [9.17, 15) is 0 Å². The number of ether oxygens (including phenoxy) is 2. The zero-order chi connectivity index (χ0) is 19.3. The van der Waals surface area contributed by atoms with Crippen LogP contribution in [-0.4, -0.2) is 39.6 Å². The molecule has 0 radical (unpaired) electrons. The molecular formula is C20H19N5O2S. The Morgan fingerprint density at radius 2 is 2.11 bits per heavy atom. The molecule has 28 heavy (non-hydrogen) atoms. The van der Waals surface area contributed by atoms with E-state index in [1.165, 1.54) is 11.8 Å². The Morgan fingerprint density at radius 3 is 2.75 bits per heavy atom. The smallest absolute Gasteiger partial charge is 0.197 e. The quantitative estimate of drug-likeness (QED) is 0.633. The molecule has 0 unspecified atom stereocenters. The summed E-state index contributed by atoms with van der Waals surface area (Å²) in [6.45, 7) is 1.48. The molecule has 4 rings (SSSR count). The number of pyridine rings is 1. The number of hydrogen-bond donors (Lipinski definition) is 0. The maximum Gasteiger partial charge on any atom is 0.197 e. The summed E-state index contributed by atoms with van der Waals surface area (Å²) in [5, 5.41) is 19.3. The summed E-state index contributed by atoms with van der Waals surface area (Å²) < 4.78 is 13.2. The molecule has 3 aromatic rings. The molecule has 0 N–H and O–H groups in total. The molecule has 1 saturated heterocycles. The van der Waals surface area contributed by atoms with Gasteiger partial charge < -0.3 is 9.47 Å². The number of hydrogen-bond acceptors (Lipinski definition) is 7. The second kappa shape index (κ2) is 8.42. The van der Waals surface area contributed by atoms with Gasteiger partial charge in [0.25, 0.3) is 0 Å². The van der Waals surface area contributed by atoms with Crippen LogP contribution >= 0.6 is 11.8 Å². The first-order valence-electron chi connectivity index (χ1n) is 9.00. The van der Waals surface area contributed by atoms with E-state index in [0.717, 1.165) is 46.8 Å². The van der Waals surface area contributed by atoms with Gasteiger partial charge in [0.2, 0.25) is 0 Å². The standard InChI is InChI=1S/C20H19N5O2S/c1-26-16-7-5-15(6-8-16)19-23-24-20(25(19)13-17-3-2-10-27-17)28-18-9-4-14(11-21)12-22-18/h4-9,12,17H,2-3,10,13H2,1H3/t17-/m0/s1. The molecule has 0 bridgehead atoms. The molecule has 0 amide bonds. The predicted molar refractivity (Wildman–Crippen MR) is 104 cm³/mol. The van der Waals surface area contributed by atoms with Crippen molar-refractivity contribution in [2.45, 2.75) is 35.7 Å². The lowest BCUT2D eigenvalue weighted by Gasteiger charge is -2.14. The van der Waals surface area contributed by atoms with E-state index < -0.39 is 0 Å². The topological polar surface area (TPSA) is 85.9 Å². The second-order valence-corrected chi connectivity index (χ2v) is 7.37. The Bertz CT molecular complexity index is 973. The van der Waals surface area contributed by atoms with Crippen LogP contribution in [-0.2, 0) is 11.3 Å². The third-order valence-electron chi connectivity index (χ3n) is 4.54. The van der Waals surface area contributed by atoms with Crippen LogP contribution in [0.1, 0.15) is 18.4 Å². The van der Waals surface area contributed by atoms with E-state index in [4.69, 9.17) is 14.7 Å². The number of benzene rings is 1. The molecule has 3 heterocycles. The van der Waals surface area contributed by atoms with Crippen molar-refractivity contribution < 1.29 is 9.47 Å². The van der Waals surface area contributed by atoms with E-state index in [2.05, 4.69) is 25.8 Å². The molecule has 1 aromatic carbocycles. The van der Waals surface area contributed by atoms with E-state index in [1.54, 1.807) is 19.4 Å². The van der Waals surface area contributed by atoms with E-state index in [0.29, 0.717) is 12.1 Å². The average Bonchev–Trinajstić information content (AvgIpc) is 3.40. The third-order valence-corrected chi connectivity index (χ3v) is 5.47. The van der Waals surface area contributed by atoms with Gasteiger partial charge in [-0.25, -0.2) is 4.98 Å². The molecule has 8 heteroatoms. The van der Waals surface area contributed by atoms with Gasteiger partial charge in [-0.05, 0) is 61.0 Å². The van der Waals surface area contributed by atoms with Gasteiger partial charge in [-0.2, -0.15) is 5.26 Å². The fraction of sp³-hybridized carbons (Fsp3) is 0.300. The molecule has 142 valence electrons. The zero-order valence-electron chi connectivity index (χ0n) is 15.4. The van der Waals surface area contributed by atoms with Crippen molar-refractivity contribution in [2.75, 3.05) is 13.7 Å². The normalized spacial score (nSPS) is 16.1. The predicted octanol–water partition coefficient (Wildman–Crippen LogP) is 3.55. The van der Waals surface area contributed by atoms with Crippen molar-refractivity contribution in [1.82, 2.24) is 19.7 Å². The number of nitrogens with zero attached hydrogens (tertiary/aromatic N) is 5. The Hall–Kier alpha value is -2.89. The minimum atomic E-state index is 0.154. The van der Waals surface area contributed by atoms with Gasteiger partial charge in [0.1, 0.15) is 16.8 Å². The SMILES string of the molecule is COc1ccc(-c2nnc(Sc3ccc(C#N)cn3)n2C[C@@H]2CCCO2)cc1. The summed E-state index contributed by atoms with van der Waals surface area (Å²) in [5.74, 6) is 1.58. The van der Waals surface area contributed by atoms with Crippen LogP contribution in [0.2, 0.25) is 0 Å². The van der Waals surface area contributed by atoms with Crippen LogP contribution in [0.5, 0.6) is 5.75 Å². The maximum absolute atomic E-state index is 8.94. The lowest BCUT2D eigenvalue weighted by molar-refractivity contribution is 0.0953. The molecule has 1 aliphatic heterocycles. The van der Waals surface area contributed by atoms with Crippen LogP contribution in [0, 0.1) is 11.3 Å². The lowest BCUT2D eigenvalue weighted by atomic mass is 10.2. The molecule has 2 aromatic heterocycles. The first-order chi connectivity index (χ1) is 13.8. The highest BCUT2D eigenvalue weighted by atomic mass is 32.2. The van der Waals surface area contributed by atoms with Gasteiger partial charge in [0, 0.05) is 18.4 Å². The van der Waals surface area contributed by atoms with Gasteiger partial charge in [0.05, 0.1) is 25.3 Å². The molecule has 1 aliphatic rings. The Labute approximate surface area is 167 Å². The lowest BCUT2D eigenvalue weighted by Crippen LogP contribution is -2.16. The summed E-state index contributed by atoms with van der Waals surface area (Å²) in [6.07, 6.45) is 3.82. The van der Waals surface area contributed by atoms with Crippen molar-refractivity contribution in [3.63, 3.8) is 0 Å². The van der Waals surface area contributed by atoms with Crippen LogP contribution < -0.4 is 4.74 Å². The first kappa shape index (κ1) is 18.5. The van der Waals surface area contributed by atoms with Gasteiger partial charge >= 0.3 is 0 Å². The summed E-state index contributed by atoms with van der Waals surface area (Å²) >= 11 is 1.43. The molecule has 0 spiro atoms. The summed E-state index contributed by atoms with van der Waals surface area (Å²) in [7, 11) is 1.65. The van der Waals surface area contributed by atoms with Gasteiger partial charge in [-0.15, -0.1) is 10.2 Å². The summed E-state index contributed by atoms with van der Waals surface area (Å²) in [4.78, 5) is 4.33. The summed E-state index contributed by atoms with van der Waals surface area (Å²) in [6, 6.07) is 13.4. The van der Waals surface area contributed by atoms with E-state index in [-0.39, 0.29) is 6.10 Å². The fourth-order valence-electron chi connectivity index (χ4n) is 3.07. The van der Waals surface area contributed by atoms with Crippen LogP contribution in [0.3, 0.4) is 0 Å². The molecule has 7 nitrogen and oxygen atoms in total. The third kappa shape index (κ3) is 4.01. The van der Waals surface area contributed by atoms with Gasteiger partial charge in [0.15, 0.2) is 11.0 Å². The highest BCUT2D eigenvalue weighted by Crippen LogP contribution is 2.30. The Kier molecular flexibility index (Phi) is 5.55. The molecule has 1 atom stereocenters. The molecule has 0 saturated carbocycles. The van der Waals surface area contributed by atoms with Crippen LogP contribution in [0.4, 0.5) is 0 Å². The molecule has 1 fully saturated rings. The fourth-order valence-corrected chi connectivity index (χ4v) is 3.86. The van der Waals surface area contributed by atoms with Gasteiger partial charge in [-0.1, -0.05) is 0 Å². The Morgan fingerprint density at radius 1 is 1.25 bits per heavy atom. The maximum atomic E-state index is 8.94. The number of rotatable bonds is 6. The van der Waals surface area contributed by atoms with Gasteiger partial charge in [-0.3, -0.25) is 4.57 Å². The van der Waals surface area contributed by atoms with Crippen molar-refractivity contribution in [1.29, 1.82) is 5.26 Å². The number of nitriles is 1. The largest absolute Gasteiger partial charge is 0.497 e. The van der Waals surface area contributed by atoms with Crippen molar-refractivity contribution in [3.05, 3.63) is 48.2 Å². The molecular weight excluding hydrogens is 374 g/mol. The number of aromatic nitrogens is 4. The Balaban J connectivity index is 1.66. The van der Waals surface area contributed by atoms with Crippen molar-refractivity contribution in [2.24, 2.45) is 0 Å². The summed E-state index contributed by atoms with van der Waals surface area (Å²) in [5.41, 5.74) is 1.50. The highest BCUT2D eigenvalue weighted by molar-refractivity contribution is 7.99. The molecule has 0 aliphatic carbocycles. The first-order valence-corrected chi connectivity index (χ1v) is 9.81.